The first kappa shape index (κ1) is 16.1. The van der Waals surface area contributed by atoms with Gasteiger partial charge in [-0.2, -0.15) is 4.98 Å². The first-order valence-corrected chi connectivity index (χ1v) is 8.41. The number of hydrogen-bond acceptors (Lipinski definition) is 7. The molecule has 0 saturated carbocycles. The Morgan fingerprint density at radius 1 is 1.52 bits per heavy atom. The smallest absolute Gasteiger partial charge is 0.264 e. The Morgan fingerprint density at radius 2 is 2.43 bits per heavy atom. The summed E-state index contributed by atoms with van der Waals surface area (Å²) in [5.74, 6) is 1.01. The Bertz CT molecular complexity index is 628. The molecular formula is C15H19N3O4S. The SMILES string of the molecule is COCCOCc1nc(C2CCCN2C(=O)c2cccs2)no1. The van der Waals surface area contributed by atoms with Gasteiger partial charge in [-0.15, -0.1) is 11.3 Å². The van der Waals surface area contributed by atoms with Crippen LogP contribution in [0.2, 0.25) is 0 Å². The van der Waals surface area contributed by atoms with Gasteiger partial charge in [-0.3, -0.25) is 4.79 Å². The summed E-state index contributed by atoms with van der Waals surface area (Å²) in [4.78, 5) is 19.5. The molecule has 124 valence electrons. The third-order valence-electron chi connectivity index (χ3n) is 3.68. The minimum atomic E-state index is -0.124. The van der Waals surface area contributed by atoms with Gasteiger partial charge in [0.15, 0.2) is 5.82 Å². The average Bonchev–Trinajstić information content (AvgIpc) is 3.31. The quantitative estimate of drug-likeness (QED) is 0.721. The summed E-state index contributed by atoms with van der Waals surface area (Å²) in [5, 5.41) is 5.93. The lowest BCUT2D eigenvalue weighted by molar-refractivity contribution is 0.0494. The van der Waals surface area contributed by atoms with Crippen molar-refractivity contribution in [3.8, 4) is 0 Å². The van der Waals surface area contributed by atoms with Gasteiger partial charge in [0, 0.05) is 13.7 Å². The zero-order valence-corrected chi connectivity index (χ0v) is 13.8. The Morgan fingerprint density at radius 3 is 3.22 bits per heavy atom. The molecule has 1 saturated heterocycles. The van der Waals surface area contributed by atoms with Crippen LogP contribution in [-0.4, -0.2) is 47.8 Å². The van der Waals surface area contributed by atoms with Crippen molar-refractivity contribution in [3.63, 3.8) is 0 Å². The zero-order chi connectivity index (χ0) is 16.1. The van der Waals surface area contributed by atoms with E-state index in [-0.39, 0.29) is 18.6 Å². The lowest BCUT2D eigenvalue weighted by atomic mass is 10.2. The van der Waals surface area contributed by atoms with Gasteiger partial charge in [0.05, 0.1) is 24.1 Å². The lowest BCUT2D eigenvalue weighted by Crippen LogP contribution is -2.30. The highest BCUT2D eigenvalue weighted by molar-refractivity contribution is 7.12. The van der Waals surface area contributed by atoms with E-state index < -0.39 is 0 Å². The molecule has 0 spiro atoms. The van der Waals surface area contributed by atoms with Crippen LogP contribution in [-0.2, 0) is 16.1 Å². The molecule has 1 fully saturated rings. The minimum absolute atomic E-state index is 0.0326. The summed E-state index contributed by atoms with van der Waals surface area (Å²) in [5.41, 5.74) is 0. The summed E-state index contributed by atoms with van der Waals surface area (Å²) in [7, 11) is 1.62. The van der Waals surface area contributed by atoms with Crippen molar-refractivity contribution < 1.29 is 18.8 Å². The molecule has 0 aliphatic carbocycles. The largest absolute Gasteiger partial charge is 0.382 e. The van der Waals surface area contributed by atoms with Crippen molar-refractivity contribution in [1.29, 1.82) is 0 Å². The topological polar surface area (TPSA) is 77.7 Å². The number of thiophene rings is 1. The first-order chi connectivity index (χ1) is 11.3. The molecule has 1 unspecified atom stereocenters. The van der Waals surface area contributed by atoms with Crippen LogP contribution in [0.25, 0.3) is 0 Å². The fourth-order valence-corrected chi connectivity index (χ4v) is 3.26. The molecule has 2 aromatic rings. The van der Waals surface area contributed by atoms with Gasteiger partial charge >= 0.3 is 0 Å². The Hall–Kier alpha value is -1.77. The summed E-state index contributed by atoms with van der Waals surface area (Å²) in [6.45, 7) is 1.96. The van der Waals surface area contributed by atoms with Gasteiger partial charge < -0.3 is 18.9 Å². The number of ether oxygens (including phenoxy) is 2. The highest BCUT2D eigenvalue weighted by Crippen LogP contribution is 2.32. The molecule has 2 aromatic heterocycles. The normalized spacial score (nSPS) is 17.8. The van der Waals surface area contributed by atoms with E-state index in [2.05, 4.69) is 10.1 Å². The monoisotopic (exact) mass is 337 g/mol. The van der Waals surface area contributed by atoms with Gasteiger partial charge in [0.1, 0.15) is 6.61 Å². The van der Waals surface area contributed by atoms with Gasteiger partial charge in [-0.1, -0.05) is 11.2 Å². The summed E-state index contributed by atoms with van der Waals surface area (Å²) in [6, 6.07) is 3.60. The maximum Gasteiger partial charge on any atom is 0.264 e. The van der Waals surface area contributed by atoms with Crippen molar-refractivity contribution in [2.24, 2.45) is 0 Å². The van der Waals surface area contributed by atoms with E-state index in [1.807, 2.05) is 22.4 Å². The van der Waals surface area contributed by atoms with E-state index in [4.69, 9.17) is 14.0 Å². The molecule has 7 nitrogen and oxygen atoms in total. The number of carbonyl (C=O) groups excluding carboxylic acids is 1. The van der Waals surface area contributed by atoms with E-state index in [9.17, 15) is 4.79 Å². The fraction of sp³-hybridized carbons (Fsp3) is 0.533. The molecule has 0 radical (unpaired) electrons. The number of amides is 1. The molecule has 1 aliphatic rings. The van der Waals surface area contributed by atoms with Crippen LogP contribution in [0.3, 0.4) is 0 Å². The van der Waals surface area contributed by atoms with Gasteiger partial charge in [-0.05, 0) is 24.3 Å². The second-order valence-corrected chi connectivity index (χ2v) is 6.17. The summed E-state index contributed by atoms with van der Waals surface area (Å²) < 4.78 is 15.5. The predicted molar refractivity (Wildman–Crippen MR) is 83.2 cm³/mol. The molecule has 1 amide bonds. The first-order valence-electron chi connectivity index (χ1n) is 7.53. The maximum absolute atomic E-state index is 12.6. The molecule has 1 aliphatic heterocycles. The third-order valence-corrected chi connectivity index (χ3v) is 4.54. The van der Waals surface area contributed by atoms with Gasteiger partial charge in [0.2, 0.25) is 0 Å². The van der Waals surface area contributed by atoms with Gasteiger partial charge in [-0.25, -0.2) is 0 Å². The molecule has 1 atom stereocenters. The number of aromatic nitrogens is 2. The fourth-order valence-electron chi connectivity index (χ4n) is 2.58. The number of hydrogen-bond donors (Lipinski definition) is 0. The van der Waals surface area contributed by atoms with Crippen LogP contribution in [0.4, 0.5) is 0 Å². The predicted octanol–water partition coefficient (Wildman–Crippen LogP) is 2.27. The standard InChI is InChI=1S/C15H19N3O4S/c1-20-7-8-21-10-13-16-14(17-22-13)11-4-2-6-18(11)15(19)12-5-3-9-23-12/h3,5,9,11H,2,4,6-8,10H2,1H3. The summed E-state index contributed by atoms with van der Waals surface area (Å²) >= 11 is 1.45. The van der Waals surface area contributed by atoms with Crippen LogP contribution in [0, 0.1) is 0 Å². The van der Waals surface area contributed by atoms with Crippen molar-refractivity contribution in [2.45, 2.75) is 25.5 Å². The molecule has 3 heterocycles. The van der Waals surface area contributed by atoms with Gasteiger partial charge in [0.25, 0.3) is 11.8 Å². The van der Waals surface area contributed by atoms with Crippen LogP contribution < -0.4 is 0 Å². The van der Waals surface area contributed by atoms with Crippen molar-refractivity contribution in [2.75, 3.05) is 26.9 Å². The lowest BCUT2D eigenvalue weighted by Gasteiger charge is -2.21. The maximum atomic E-state index is 12.6. The molecule has 23 heavy (non-hydrogen) atoms. The van der Waals surface area contributed by atoms with E-state index in [0.717, 1.165) is 24.3 Å². The average molecular weight is 337 g/mol. The minimum Gasteiger partial charge on any atom is -0.382 e. The van der Waals surface area contributed by atoms with Crippen LogP contribution >= 0.6 is 11.3 Å². The van der Waals surface area contributed by atoms with E-state index >= 15 is 0 Å². The zero-order valence-electron chi connectivity index (χ0n) is 12.9. The van der Waals surface area contributed by atoms with E-state index in [1.54, 1.807) is 7.11 Å². The van der Waals surface area contributed by atoms with Crippen LogP contribution in [0.5, 0.6) is 0 Å². The highest BCUT2D eigenvalue weighted by Gasteiger charge is 2.34. The number of likely N-dealkylation sites (tertiary alicyclic amines) is 1. The molecular weight excluding hydrogens is 318 g/mol. The third kappa shape index (κ3) is 3.77. The molecule has 0 N–H and O–H groups in total. The van der Waals surface area contributed by atoms with Crippen molar-refractivity contribution >= 4 is 17.2 Å². The Labute approximate surface area is 138 Å². The number of nitrogens with zero attached hydrogens (tertiary/aromatic N) is 3. The molecule has 3 rings (SSSR count). The Kier molecular flexibility index (Phi) is 5.37. The molecule has 8 heteroatoms. The highest BCUT2D eigenvalue weighted by atomic mass is 32.1. The van der Waals surface area contributed by atoms with E-state index in [0.29, 0.717) is 24.9 Å². The number of methoxy groups -OCH3 is 1. The number of carbonyl (C=O) groups is 1. The van der Waals surface area contributed by atoms with Crippen molar-refractivity contribution in [1.82, 2.24) is 15.0 Å². The molecule has 0 aromatic carbocycles. The van der Waals surface area contributed by atoms with Crippen LogP contribution in [0.1, 0.15) is 40.3 Å². The summed E-state index contributed by atoms with van der Waals surface area (Å²) in [6.07, 6.45) is 1.79. The van der Waals surface area contributed by atoms with Crippen molar-refractivity contribution in [3.05, 3.63) is 34.1 Å². The van der Waals surface area contributed by atoms with Crippen LogP contribution in [0.15, 0.2) is 22.0 Å². The molecule has 0 bridgehead atoms. The second kappa shape index (κ2) is 7.67. The number of rotatable bonds is 7. The van der Waals surface area contributed by atoms with E-state index in [1.165, 1.54) is 11.3 Å². The second-order valence-electron chi connectivity index (χ2n) is 5.23. The Balaban J connectivity index is 1.64.